The highest BCUT2D eigenvalue weighted by atomic mass is 16.3. The highest BCUT2D eigenvalue weighted by Gasteiger charge is 2.04. The van der Waals surface area contributed by atoms with Crippen LogP contribution in [-0.2, 0) is 0 Å². The fourth-order valence-electron chi connectivity index (χ4n) is 1.14. The Morgan fingerprint density at radius 3 is 2.50 bits per heavy atom. The zero-order valence-corrected chi connectivity index (χ0v) is 7.93. The molecular formula is C12H14O2. The van der Waals surface area contributed by atoms with Crippen LogP contribution < -0.4 is 0 Å². The predicted molar refractivity (Wildman–Crippen MR) is 57.7 cm³/mol. The van der Waals surface area contributed by atoms with Gasteiger partial charge in [-0.3, -0.25) is 0 Å². The molecule has 0 heterocycles. The van der Waals surface area contributed by atoms with Crippen LogP contribution in [0.5, 0.6) is 0 Å². The van der Waals surface area contributed by atoms with Crippen LogP contribution in [-0.4, -0.2) is 22.9 Å². The van der Waals surface area contributed by atoms with Crippen LogP contribution in [0, 0.1) is 0 Å². The average molecular weight is 190 g/mol. The quantitative estimate of drug-likeness (QED) is 0.708. The van der Waals surface area contributed by atoms with Gasteiger partial charge in [-0.15, -0.1) is 6.58 Å². The highest BCUT2D eigenvalue weighted by Crippen LogP contribution is 2.10. The van der Waals surface area contributed by atoms with Gasteiger partial charge >= 0.3 is 0 Å². The minimum Gasteiger partial charge on any atom is -0.392 e. The molecule has 1 unspecified atom stereocenters. The largest absolute Gasteiger partial charge is 0.392 e. The Bertz CT molecular complexity index is 314. The van der Waals surface area contributed by atoms with Gasteiger partial charge in [-0.2, -0.15) is 0 Å². The first-order valence-electron chi connectivity index (χ1n) is 4.45. The smallest absolute Gasteiger partial charge is 0.0954 e. The molecule has 74 valence electrons. The summed E-state index contributed by atoms with van der Waals surface area (Å²) in [5.41, 5.74) is 1.50. The van der Waals surface area contributed by atoms with E-state index < -0.39 is 6.10 Å². The predicted octanol–water partition coefficient (Wildman–Crippen LogP) is 1.61. The summed E-state index contributed by atoms with van der Waals surface area (Å²) >= 11 is 0. The van der Waals surface area contributed by atoms with Crippen LogP contribution >= 0.6 is 0 Å². The third kappa shape index (κ3) is 2.83. The fraction of sp³-hybridized carbons (Fsp3) is 0.167. The van der Waals surface area contributed by atoms with Crippen LogP contribution in [0.2, 0.25) is 0 Å². The van der Waals surface area contributed by atoms with E-state index in [1.807, 2.05) is 30.3 Å². The zero-order chi connectivity index (χ0) is 10.4. The topological polar surface area (TPSA) is 40.5 Å². The maximum Gasteiger partial charge on any atom is 0.0954 e. The molecule has 2 N–H and O–H groups in total. The van der Waals surface area contributed by atoms with Gasteiger partial charge in [-0.05, 0) is 11.1 Å². The van der Waals surface area contributed by atoms with E-state index in [0.29, 0.717) is 5.57 Å². The van der Waals surface area contributed by atoms with Gasteiger partial charge in [0.25, 0.3) is 0 Å². The van der Waals surface area contributed by atoms with Gasteiger partial charge in [0, 0.05) is 0 Å². The summed E-state index contributed by atoms with van der Waals surface area (Å²) in [6.07, 6.45) is 2.37. The van der Waals surface area contributed by atoms with Gasteiger partial charge < -0.3 is 10.2 Å². The van der Waals surface area contributed by atoms with E-state index >= 15 is 0 Å². The second kappa shape index (κ2) is 5.37. The first-order valence-corrected chi connectivity index (χ1v) is 4.45. The van der Waals surface area contributed by atoms with E-state index in [0.717, 1.165) is 5.56 Å². The summed E-state index contributed by atoms with van der Waals surface area (Å²) in [6.45, 7) is 3.30. The van der Waals surface area contributed by atoms with Crippen molar-refractivity contribution in [3.05, 3.63) is 54.1 Å². The van der Waals surface area contributed by atoms with Crippen LogP contribution in [0.25, 0.3) is 6.08 Å². The van der Waals surface area contributed by atoms with Crippen LogP contribution in [0.4, 0.5) is 0 Å². The molecule has 1 atom stereocenters. The maximum atomic E-state index is 9.43. The molecule has 14 heavy (non-hydrogen) atoms. The second-order valence-electron chi connectivity index (χ2n) is 2.97. The van der Waals surface area contributed by atoms with Crippen LogP contribution in [0.15, 0.2) is 48.6 Å². The minimum absolute atomic E-state index is 0.165. The molecule has 0 saturated carbocycles. The monoisotopic (exact) mass is 190 g/mol. The van der Waals surface area contributed by atoms with E-state index in [4.69, 9.17) is 5.11 Å². The van der Waals surface area contributed by atoms with E-state index in [9.17, 15) is 5.11 Å². The van der Waals surface area contributed by atoms with Crippen molar-refractivity contribution in [2.45, 2.75) is 6.10 Å². The highest BCUT2D eigenvalue weighted by molar-refractivity contribution is 5.54. The van der Waals surface area contributed by atoms with Crippen molar-refractivity contribution >= 4 is 6.08 Å². The van der Waals surface area contributed by atoms with E-state index in [2.05, 4.69) is 6.58 Å². The molecule has 0 aromatic heterocycles. The first-order chi connectivity index (χ1) is 6.77. The molecule has 1 aromatic rings. The lowest BCUT2D eigenvalue weighted by molar-refractivity contribution is 0.228. The molecule has 0 radical (unpaired) electrons. The molecular weight excluding hydrogens is 176 g/mol. The van der Waals surface area contributed by atoms with E-state index in [1.54, 1.807) is 6.08 Å². The summed E-state index contributed by atoms with van der Waals surface area (Å²) in [7, 11) is 0. The number of hydrogen-bond acceptors (Lipinski definition) is 2. The number of rotatable bonds is 4. The van der Waals surface area contributed by atoms with Crippen molar-refractivity contribution in [1.82, 2.24) is 0 Å². The van der Waals surface area contributed by atoms with Crippen molar-refractivity contribution < 1.29 is 10.2 Å². The number of aliphatic hydroxyl groups is 2. The van der Waals surface area contributed by atoms with Gasteiger partial charge in [0.05, 0.1) is 12.7 Å². The molecule has 0 aliphatic carbocycles. The summed E-state index contributed by atoms with van der Waals surface area (Å²) < 4.78 is 0. The molecule has 0 bridgehead atoms. The molecule has 1 rings (SSSR count). The average Bonchev–Trinajstić information content (AvgIpc) is 2.26. The Morgan fingerprint density at radius 1 is 1.36 bits per heavy atom. The molecule has 0 saturated heterocycles. The lowest BCUT2D eigenvalue weighted by Gasteiger charge is -2.07. The Morgan fingerprint density at radius 2 is 2.00 bits per heavy atom. The van der Waals surface area contributed by atoms with Crippen LogP contribution in [0.1, 0.15) is 5.56 Å². The lowest BCUT2D eigenvalue weighted by atomic mass is 10.1. The first kappa shape index (κ1) is 10.7. The summed E-state index contributed by atoms with van der Waals surface area (Å²) in [5.74, 6) is 0. The van der Waals surface area contributed by atoms with Gasteiger partial charge in [0.2, 0.25) is 0 Å². The van der Waals surface area contributed by atoms with E-state index in [1.165, 1.54) is 6.08 Å². The molecule has 0 aliphatic heterocycles. The number of aliphatic hydroxyl groups excluding tert-OH is 2. The van der Waals surface area contributed by atoms with Crippen molar-refractivity contribution in [2.75, 3.05) is 6.61 Å². The molecule has 0 fully saturated rings. The standard InChI is InChI=1S/C12H14O2/c1-2-12(14)11(9-13)8-10-6-4-3-5-7-10/h2-8,12-14H,1,9H2. The molecule has 0 aliphatic rings. The summed E-state index contributed by atoms with van der Waals surface area (Å²) in [6, 6.07) is 9.54. The molecule has 2 nitrogen and oxygen atoms in total. The zero-order valence-electron chi connectivity index (χ0n) is 7.93. The molecule has 2 heteroatoms. The normalized spacial score (nSPS) is 13.7. The van der Waals surface area contributed by atoms with Gasteiger partial charge in [-0.25, -0.2) is 0 Å². The minimum atomic E-state index is -0.778. The van der Waals surface area contributed by atoms with E-state index in [-0.39, 0.29) is 6.61 Å². The Labute approximate surface area is 83.8 Å². The Kier molecular flexibility index (Phi) is 4.11. The third-order valence-electron chi connectivity index (χ3n) is 1.94. The lowest BCUT2D eigenvalue weighted by Crippen LogP contribution is -2.09. The molecule has 0 spiro atoms. The fourth-order valence-corrected chi connectivity index (χ4v) is 1.14. The van der Waals surface area contributed by atoms with Crippen molar-refractivity contribution in [1.29, 1.82) is 0 Å². The van der Waals surface area contributed by atoms with Gasteiger partial charge in [0.15, 0.2) is 0 Å². The van der Waals surface area contributed by atoms with Crippen molar-refractivity contribution in [2.24, 2.45) is 0 Å². The SMILES string of the molecule is C=CC(O)C(=Cc1ccccc1)CO. The molecule has 0 amide bonds. The number of hydrogen-bond donors (Lipinski definition) is 2. The maximum absolute atomic E-state index is 9.43. The van der Waals surface area contributed by atoms with Crippen molar-refractivity contribution in [3.63, 3.8) is 0 Å². The van der Waals surface area contributed by atoms with Crippen LogP contribution in [0.3, 0.4) is 0 Å². The summed E-state index contributed by atoms with van der Waals surface area (Å²) in [5, 5.41) is 18.4. The number of benzene rings is 1. The summed E-state index contributed by atoms with van der Waals surface area (Å²) in [4.78, 5) is 0. The second-order valence-corrected chi connectivity index (χ2v) is 2.97. The van der Waals surface area contributed by atoms with Crippen molar-refractivity contribution in [3.8, 4) is 0 Å². The Hall–Kier alpha value is -1.38. The van der Waals surface area contributed by atoms with Gasteiger partial charge in [-0.1, -0.05) is 42.5 Å². The Balaban J connectivity index is 2.89. The van der Waals surface area contributed by atoms with Gasteiger partial charge in [0.1, 0.15) is 0 Å². The third-order valence-corrected chi connectivity index (χ3v) is 1.94. The molecule has 1 aromatic carbocycles.